The average Bonchev–Trinajstić information content (AvgIpc) is 3.06. The lowest BCUT2D eigenvalue weighted by Gasteiger charge is -2.42. The summed E-state index contributed by atoms with van der Waals surface area (Å²) in [5, 5.41) is 0. The van der Waals surface area contributed by atoms with Gasteiger partial charge in [-0.15, -0.1) is 0 Å². The van der Waals surface area contributed by atoms with Crippen molar-refractivity contribution in [3.05, 3.63) is 59.9 Å². The number of benzene rings is 1. The molecule has 0 radical (unpaired) electrons. The predicted molar refractivity (Wildman–Crippen MR) is 136 cm³/mol. The van der Waals surface area contributed by atoms with E-state index < -0.39 is 5.54 Å². The number of likely N-dealkylation sites (tertiary alicyclic amines) is 1. The van der Waals surface area contributed by atoms with Crippen LogP contribution in [0.4, 0.5) is 4.79 Å². The van der Waals surface area contributed by atoms with E-state index in [2.05, 4.69) is 35.9 Å². The van der Waals surface area contributed by atoms with Gasteiger partial charge >= 0.3 is 6.03 Å². The van der Waals surface area contributed by atoms with Crippen LogP contribution in [0.1, 0.15) is 50.7 Å². The Kier molecular flexibility index (Phi) is 8.06. The maximum Gasteiger partial charge on any atom is 0.327 e. The van der Waals surface area contributed by atoms with E-state index in [0.29, 0.717) is 31.8 Å². The minimum absolute atomic E-state index is 0.00471. The Morgan fingerprint density at radius 2 is 1.66 bits per heavy atom. The van der Waals surface area contributed by atoms with Gasteiger partial charge in [0.25, 0.3) is 5.91 Å². The van der Waals surface area contributed by atoms with E-state index in [1.54, 1.807) is 19.5 Å². The Morgan fingerprint density at radius 1 is 0.971 bits per heavy atom. The minimum atomic E-state index is -0.695. The molecule has 0 bridgehead atoms. The molecule has 35 heavy (non-hydrogen) atoms. The normalized spacial score (nSPS) is 18.2. The Bertz CT molecular complexity index is 985. The smallest absolute Gasteiger partial charge is 0.327 e. The van der Waals surface area contributed by atoms with Crippen molar-refractivity contribution in [2.45, 2.75) is 58.0 Å². The van der Waals surface area contributed by atoms with Gasteiger partial charge in [-0.25, -0.2) is 4.79 Å². The molecule has 2 aliphatic rings. The van der Waals surface area contributed by atoms with Crippen molar-refractivity contribution in [2.75, 3.05) is 33.3 Å². The molecule has 4 rings (SSSR count). The van der Waals surface area contributed by atoms with E-state index in [1.807, 2.05) is 29.2 Å². The number of carbonyl (C=O) groups excluding carboxylic acids is 2. The van der Waals surface area contributed by atoms with Crippen molar-refractivity contribution in [1.82, 2.24) is 19.7 Å². The molecule has 7 heteroatoms. The van der Waals surface area contributed by atoms with Gasteiger partial charge in [0.2, 0.25) is 0 Å². The zero-order valence-electron chi connectivity index (χ0n) is 21.3. The largest absolute Gasteiger partial charge is 0.497 e. The molecule has 2 fully saturated rings. The maximum absolute atomic E-state index is 13.7. The van der Waals surface area contributed by atoms with Gasteiger partial charge in [0, 0.05) is 45.1 Å². The van der Waals surface area contributed by atoms with Crippen molar-refractivity contribution in [3.8, 4) is 5.75 Å². The van der Waals surface area contributed by atoms with Gasteiger partial charge in [-0.2, -0.15) is 0 Å². The number of methoxy groups -OCH3 is 1. The van der Waals surface area contributed by atoms with Crippen LogP contribution in [0.5, 0.6) is 5.75 Å². The van der Waals surface area contributed by atoms with Crippen molar-refractivity contribution in [1.29, 1.82) is 0 Å². The fourth-order valence-corrected chi connectivity index (χ4v) is 5.22. The highest BCUT2D eigenvalue weighted by Crippen LogP contribution is 2.38. The Morgan fingerprint density at radius 3 is 2.29 bits per heavy atom. The summed E-state index contributed by atoms with van der Waals surface area (Å²) in [6.07, 6.45) is 7.43. The molecule has 2 aliphatic heterocycles. The molecule has 0 atom stereocenters. The number of aromatic nitrogens is 1. The molecule has 0 unspecified atom stereocenters. The number of aryl methyl sites for hydroxylation is 1. The van der Waals surface area contributed by atoms with Crippen LogP contribution < -0.4 is 4.74 Å². The molecule has 3 amide bonds. The topological polar surface area (TPSA) is 66.0 Å². The van der Waals surface area contributed by atoms with Crippen molar-refractivity contribution < 1.29 is 14.3 Å². The zero-order chi connectivity index (χ0) is 24.8. The maximum atomic E-state index is 13.7. The van der Waals surface area contributed by atoms with Gasteiger partial charge in [-0.1, -0.05) is 26.0 Å². The number of amides is 3. The van der Waals surface area contributed by atoms with Gasteiger partial charge in [-0.05, 0) is 73.4 Å². The van der Waals surface area contributed by atoms with Crippen LogP contribution >= 0.6 is 0 Å². The van der Waals surface area contributed by atoms with Crippen LogP contribution in [-0.4, -0.2) is 70.4 Å². The monoisotopic (exact) mass is 478 g/mol. The molecule has 1 aromatic heterocycles. The molecule has 0 N–H and O–H groups in total. The summed E-state index contributed by atoms with van der Waals surface area (Å²) in [5.74, 6) is 1.34. The molecule has 7 nitrogen and oxygen atoms in total. The van der Waals surface area contributed by atoms with E-state index in [4.69, 9.17) is 4.74 Å². The second kappa shape index (κ2) is 11.2. The van der Waals surface area contributed by atoms with Gasteiger partial charge in [0.15, 0.2) is 0 Å². The Labute approximate surface area is 209 Å². The first-order chi connectivity index (χ1) is 16.9. The van der Waals surface area contributed by atoms with Crippen LogP contribution in [0.3, 0.4) is 0 Å². The molecule has 2 saturated heterocycles. The molecule has 2 aromatic rings. The van der Waals surface area contributed by atoms with Crippen LogP contribution in [0.25, 0.3) is 0 Å². The van der Waals surface area contributed by atoms with Crippen LogP contribution in [0.2, 0.25) is 0 Å². The molecular weight excluding hydrogens is 440 g/mol. The molecule has 1 spiro atoms. The summed E-state index contributed by atoms with van der Waals surface area (Å²) in [6.45, 7) is 7.88. The Balaban J connectivity index is 1.42. The number of hydrogen-bond donors (Lipinski definition) is 0. The van der Waals surface area contributed by atoms with Gasteiger partial charge in [0.1, 0.15) is 11.3 Å². The fourth-order valence-electron chi connectivity index (χ4n) is 5.22. The number of imide groups is 1. The van der Waals surface area contributed by atoms with Gasteiger partial charge in [-0.3, -0.25) is 19.6 Å². The van der Waals surface area contributed by atoms with E-state index >= 15 is 0 Å². The number of urea groups is 1. The summed E-state index contributed by atoms with van der Waals surface area (Å²) in [5.41, 5.74) is 1.71. The van der Waals surface area contributed by atoms with Gasteiger partial charge in [0.05, 0.1) is 7.11 Å². The highest BCUT2D eigenvalue weighted by atomic mass is 16.5. The molecule has 0 saturated carbocycles. The summed E-state index contributed by atoms with van der Waals surface area (Å²) in [7, 11) is 1.67. The van der Waals surface area contributed by atoms with E-state index in [1.165, 1.54) is 16.0 Å². The van der Waals surface area contributed by atoms with Crippen molar-refractivity contribution >= 4 is 11.9 Å². The summed E-state index contributed by atoms with van der Waals surface area (Å²) >= 11 is 0. The van der Waals surface area contributed by atoms with Crippen LogP contribution in [0.15, 0.2) is 48.8 Å². The average molecular weight is 479 g/mol. The highest BCUT2D eigenvalue weighted by molar-refractivity contribution is 6.07. The lowest BCUT2D eigenvalue weighted by molar-refractivity contribution is -0.135. The van der Waals surface area contributed by atoms with Crippen molar-refractivity contribution in [3.63, 3.8) is 0 Å². The quantitative estimate of drug-likeness (QED) is 0.475. The van der Waals surface area contributed by atoms with E-state index in [0.717, 1.165) is 44.6 Å². The standard InChI is InChI=1S/C28H38N4O3/c1-22(2)12-18-32-27(34)31(17-4-5-23-10-15-29-16-11-23)26(33)28(32)13-19-30(20-14-28)21-24-6-8-25(35-3)9-7-24/h6-11,15-16,22H,4-5,12-14,17-21H2,1-3H3. The van der Waals surface area contributed by atoms with Crippen LogP contribution in [-0.2, 0) is 17.8 Å². The number of carbonyl (C=O) groups is 2. The van der Waals surface area contributed by atoms with Gasteiger partial charge < -0.3 is 9.64 Å². The fraction of sp³-hybridized carbons (Fsp3) is 0.536. The predicted octanol–water partition coefficient (Wildman–Crippen LogP) is 4.37. The van der Waals surface area contributed by atoms with Crippen LogP contribution in [0, 0.1) is 5.92 Å². The molecule has 188 valence electrons. The third-order valence-electron chi connectivity index (χ3n) is 7.40. The SMILES string of the molecule is COc1ccc(CN2CCC3(CC2)C(=O)N(CCCc2ccncc2)C(=O)N3CCC(C)C)cc1. The van der Waals surface area contributed by atoms with E-state index in [9.17, 15) is 9.59 Å². The molecule has 1 aromatic carbocycles. The summed E-state index contributed by atoms with van der Waals surface area (Å²) < 4.78 is 5.26. The number of rotatable bonds is 10. The lowest BCUT2D eigenvalue weighted by atomic mass is 9.85. The minimum Gasteiger partial charge on any atom is -0.497 e. The second-order valence-electron chi connectivity index (χ2n) is 10.2. The molecular formula is C28H38N4O3. The second-order valence-corrected chi connectivity index (χ2v) is 10.2. The number of hydrogen-bond acceptors (Lipinski definition) is 5. The first-order valence-electron chi connectivity index (χ1n) is 12.8. The number of ether oxygens (including phenoxy) is 1. The lowest BCUT2D eigenvalue weighted by Crippen LogP contribution is -2.56. The summed E-state index contributed by atoms with van der Waals surface area (Å²) in [6, 6.07) is 12.0. The molecule has 3 heterocycles. The summed E-state index contributed by atoms with van der Waals surface area (Å²) in [4.78, 5) is 37.1. The third-order valence-corrected chi connectivity index (χ3v) is 7.40. The Hall–Kier alpha value is -2.93. The number of nitrogens with zero attached hydrogens (tertiary/aromatic N) is 4. The van der Waals surface area contributed by atoms with E-state index in [-0.39, 0.29) is 11.9 Å². The first kappa shape index (κ1) is 25.2. The highest BCUT2D eigenvalue weighted by Gasteiger charge is 2.57. The number of piperidine rings is 1. The molecule has 0 aliphatic carbocycles. The number of pyridine rings is 1. The first-order valence-corrected chi connectivity index (χ1v) is 12.8. The zero-order valence-corrected chi connectivity index (χ0v) is 21.3. The van der Waals surface area contributed by atoms with Crippen molar-refractivity contribution in [2.24, 2.45) is 5.92 Å². The third kappa shape index (κ3) is 5.67.